The predicted molar refractivity (Wildman–Crippen MR) is 59.1 cm³/mol. The Morgan fingerprint density at radius 3 is 2.44 bits per heavy atom. The lowest BCUT2D eigenvalue weighted by atomic mass is 10.3. The first-order chi connectivity index (χ1) is 7.33. The molecule has 0 atom stereocenters. The molecule has 0 unspecified atom stereocenters. The van der Waals surface area contributed by atoms with E-state index in [4.69, 9.17) is 20.2 Å². The molecule has 16 heavy (non-hydrogen) atoms. The second-order valence-electron chi connectivity index (χ2n) is 3.47. The summed E-state index contributed by atoms with van der Waals surface area (Å²) in [5, 5.41) is 0.474. The lowest BCUT2D eigenvalue weighted by Gasteiger charge is -2.18. The molecule has 0 bridgehead atoms. The van der Waals surface area contributed by atoms with Crippen molar-refractivity contribution in [3.63, 3.8) is 0 Å². The molecule has 8 heteroatoms. The molecule has 1 aromatic rings. The maximum atomic E-state index is 11.2. The molecule has 0 amide bonds. The van der Waals surface area contributed by atoms with E-state index in [0.717, 1.165) is 11.3 Å². The summed E-state index contributed by atoms with van der Waals surface area (Å²) in [6, 6.07) is 0. The van der Waals surface area contributed by atoms with Gasteiger partial charge in [0.1, 0.15) is 0 Å². The summed E-state index contributed by atoms with van der Waals surface area (Å²) in [6.07, 6.45) is 0. The fraction of sp³-hybridized carbons (Fsp3) is 0.625. The van der Waals surface area contributed by atoms with E-state index in [-0.39, 0.29) is 4.21 Å². The van der Waals surface area contributed by atoms with Gasteiger partial charge in [0.05, 0.1) is 18.9 Å². The lowest BCUT2D eigenvalue weighted by Crippen LogP contribution is -2.21. The van der Waals surface area contributed by atoms with Crippen molar-refractivity contribution >= 4 is 31.1 Å². The second kappa shape index (κ2) is 3.92. The van der Waals surface area contributed by atoms with Gasteiger partial charge in [-0.3, -0.25) is 0 Å². The molecular weight excluding hydrogens is 274 g/mol. The molecule has 1 aromatic heterocycles. The van der Waals surface area contributed by atoms with Gasteiger partial charge in [-0.1, -0.05) is 0 Å². The molecule has 0 saturated carbocycles. The molecule has 1 aliphatic heterocycles. The number of hydrogen-bond acceptors (Lipinski definition) is 6. The van der Waals surface area contributed by atoms with Crippen molar-refractivity contribution in [3.05, 3.63) is 10.7 Å². The zero-order valence-electron chi connectivity index (χ0n) is 8.69. The first-order valence-electron chi connectivity index (χ1n) is 4.53. The Bertz CT molecular complexity index is 504. The summed E-state index contributed by atoms with van der Waals surface area (Å²) in [5.41, 5.74) is 0.371. The molecule has 2 heterocycles. The Hall–Kier alpha value is -0.210. The average Bonchev–Trinajstić information content (AvgIpc) is 2.71. The van der Waals surface area contributed by atoms with Gasteiger partial charge in [0.2, 0.25) is 5.79 Å². The number of aryl methyl sites for hydroxylation is 1. The normalized spacial score (nSPS) is 20.2. The quantitative estimate of drug-likeness (QED) is 0.771. The molecular formula is C8H10ClNO4S2. The molecule has 0 spiro atoms. The summed E-state index contributed by atoms with van der Waals surface area (Å²) in [7, 11) is 1.54. The summed E-state index contributed by atoms with van der Waals surface area (Å²) in [6.45, 7) is 4.24. The van der Waals surface area contributed by atoms with Crippen molar-refractivity contribution in [2.45, 2.75) is 23.8 Å². The molecule has 0 N–H and O–H groups in total. The summed E-state index contributed by atoms with van der Waals surface area (Å²) in [4.78, 5) is 4.14. The van der Waals surface area contributed by atoms with E-state index in [0.29, 0.717) is 23.9 Å². The van der Waals surface area contributed by atoms with Gasteiger partial charge in [0.15, 0.2) is 9.22 Å². The molecule has 2 rings (SSSR count). The van der Waals surface area contributed by atoms with E-state index in [1.807, 2.05) is 0 Å². The van der Waals surface area contributed by atoms with Crippen LogP contribution in [0.25, 0.3) is 0 Å². The summed E-state index contributed by atoms with van der Waals surface area (Å²) < 4.78 is 33.3. The van der Waals surface area contributed by atoms with E-state index < -0.39 is 14.8 Å². The van der Waals surface area contributed by atoms with Crippen molar-refractivity contribution in [2.24, 2.45) is 0 Å². The number of hydrogen-bond donors (Lipinski definition) is 0. The highest BCUT2D eigenvalue weighted by molar-refractivity contribution is 8.15. The highest BCUT2D eigenvalue weighted by Crippen LogP contribution is 2.37. The van der Waals surface area contributed by atoms with Gasteiger partial charge in [0, 0.05) is 10.7 Å². The summed E-state index contributed by atoms with van der Waals surface area (Å²) in [5.74, 6) is -0.949. The van der Waals surface area contributed by atoms with Gasteiger partial charge < -0.3 is 9.47 Å². The minimum absolute atomic E-state index is 0.0458. The van der Waals surface area contributed by atoms with Crippen LogP contribution in [0.3, 0.4) is 0 Å². The van der Waals surface area contributed by atoms with Crippen molar-refractivity contribution in [3.8, 4) is 0 Å². The zero-order chi connectivity index (χ0) is 12.0. The molecule has 1 saturated heterocycles. The zero-order valence-corrected chi connectivity index (χ0v) is 11.1. The number of halogens is 1. The number of ether oxygens (including phenoxy) is 2. The molecule has 0 radical (unpaired) electrons. The van der Waals surface area contributed by atoms with Crippen molar-refractivity contribution in [1.29, 1.82) is 0 Å². The molecule has 0 aliphatic carbocycles. The van der Waals surface area contributed by atoms with Crippen LogP contribution in [0.1, 0.15) is 17.6 Å². The third-order valence-electron chi connectivity index (χ3n) is 2.20. The van der Waals surface area contributed by atoms with Crippen molar-refractivity contribution < 1.29 is 17.9 Å². The van der Waals surface area contributed by atoms with Crippen LogP contribution >= 0.6 is 22.0 Å². The van der Waals surface area contributed by atoms with Crippen molar-refractivity contribution in [2.75, 3.05) is 13.2 Å². The van der Waals surface area contributed by atoms with Gasteiger partial charge in [-0.2, -0.15) is 0 Å². The number of aromatic nitrogens is 1. The average molecular weight is 284 g/mol. The topological polar surface area (TPSA) is 65.5 Å². The SMILES string of the molecule is Cc1nc(C2(C)OCCO2)sc1S(=O)(=O)Cl. The van der Waals surface area contributed by atoms with Crippen LogP contribution in [-0.4, -0.2) is 26.6 Å². The Morgan fingerprint density at radius 1 is 1.44 bits per heavy atom. The highest BCUT2D eigenvalue weighted by atomic mass is 35.7. The van der Waals surface area contributed by atoms with E-state index in [9.17, 15) is 8.42 Å². The Morgan fingerprint density at radius 2 is 2.00 bits per heavy atom. The van der Waals surface area contributed by atoms with Crippen LogP contribution in [0.5, 0.6) is 0 Å². The van der Waals surface area contributed by atoms with Gasteiger partial charge in [0.25, 0.3) is 9.05 Å². The first kappa shape index (κ1) is 12.3. The molecule has 90 valence electrons. The smallest absolute Gasteiger partial charge is 0.272 e. The van der Waals surface area contributed by atoms with Crippen LogP contribution in [0.4, 0.5) is 0 Å². The standard InChI is InChI=1S/C8H10ClNO4S2/c1-5-6(16(9,11)12)15-7(10-5)8(2)13-3-4-14-8/h3-4H2,1-2H3. The van der Waals surface area contributed by atoms with Crippen LogP contribution in [0.2, 0.25) is 0 Å². The van der Waals surface area contributed by atoms with Crippen molar-refractivity contribution in [1.82, 2.24) is 4.98 Å². The predicted octanol–water partition coefficient (Wildman–Crippen LogP) is 1.60. The fourth-order valence-corrected chi connectivity index (χ4v) is 3.95. The number of nitrogens with zero attached hydrogens (tertiary/aromatic N) is 1. The molecule has 5 nitrogen and oxygen atoms in total. The Kier molecular flexibility index (Phi) is 3.00. The van der Waals surface area contributed by atoms with Crippen LogP contribution in [0.15, 0.2) is 4.21 Å². The van der Waals surface area contributed by atoms with E-state index >= 15 is 0 Å². The van der Waals surface area contributed by atoms with Gasteiger partial charge >= 0.3 is 0 Å². The minimum Gasteiger partial charge on any atom is -0.342 e. The maximum Gasteiger partial charge on any atom is 0.272 e. The number of rotatable bonds is 2. The minimum atomic E-state index is -3.75. The van der Waals surface area contributed by atoms with Crippen LogP contribution in [-0.2, 0) is 24.3 Å². The van der Waals surface area contributed by atoms with E-state index in [1.54, 1.807) is 13.8 Å². The second-order valence-corrected chi connectivity index (χ2v) is 7.23. The van der Waals surface area contributed by atoms with Crippen LogP contribution < -0.4 is 0 Å². The fourth-order valence-electron chi connectivity index (χ4n) is 1.44. The van der Waals surface area contributed by atoms with E-state index in [1.165, 1.54) is 0 Å². The molecule has 0 aromatic carbocycles. The monoisotopic (exact) mass is 283 g/mol. The van der Waals surface area contributed by atoms with Gasteiger partial charge in [-0.15, -0.1) is 11.3 Å². The first-order valence-corrected chi connectivity index (χ1v) is 7.66. The summed E-state index contributed by atoms with van der Waals surface area (Å²) >= 11 is 0.982. The molecule has 1 fully saturated rings. The van der Waals surface area contributed by atoms with Gasteiger partial charge in [-0.05, 0) is 13.8 Å². The van der Waals surface area contributed by atoms with E-state index in [2.05, 4.69) is 4.98 Å². The highest BCUT2D eigenvalue weighted by Gasteiger charge is 2.38. The maximum absolute atomic E-state index is 11.2. The lowest BCUT2D eigenvalue weighted by molar-refractivity contribution is -0.149. The third-order valence-corrected chi connectivity index (χ3v) is 5.72. The Labute approximate surface area is 102 Å². The van der Waals surface area contributed by atoms with Crippen LogP contribution in [0, 0.1) is 6.92 Å². The number of thiazole rings is 1. The van der Waals surface area contributed by atoms with Gasteiger partial charge in [-0.25, -0.2) is 13.4 Å². The Balaban J connectivity index is 2.46. The largest absolute Gasteiger partial charge is 0.342 e. The molecule has 1 aliphatic rings. The third kappa shape index (κ3) is 2.10.